The fourth-order valence-electron chi connectivity index (χ4n) is 2.37. The van der Waals surface area contributed by atoms with E-state index < -0.39 is 5.97 Å². The molecule has 0 aromatic carbocycles. The van der Waals surface area contributed by atoms with Crippen LogP contribution in [0.2, 0.25) is 0 Å². The van der Waals surface area contributed by atoms with E-state index in [9.17, 15) is 4.79 Å². The van der Waals surface area contributed by atoms with Crippen LogP contribution < -0.4 is 0 Å². The third-order valence-electron chi connectivity index (χ3n) is 3.73. The van der Waals surface area contributed by atoms with Crippen LogP contribution in [0.25, 0.3) is 0 Å². The van der Waals surface area contributed by atoms with Crippen molar-refractivity contribution in [1.82, 2.24) is 9.88 Å². The van der Waals surface area contributed by atoms with Gasteiger partial charge in [0.25, 0.3) is 0 Å². The summed E-state index contributed by atoms with van der Waals surface area (Å²) in [6.07, 6.45) is 6.85. The Balaban J connectivity index is 1.74. The van der Waals surface area contributed by atoms with Crippen LogP contribution in [0, 0.1) is 5.92 Å². The first-order valence-electron chi connectivity index (χ1n) is 6.65. The number of pyridine rings is 1. The van der Waals surface area contributed by atoms with Crippen molar-refractivity contribution in [3.63, 3.8) is 0 Å². The summed E-state index contributed by atoms with van der Waals surface area (Å²) in [5.41, 5.74) is 1.05. The molecule has 0 aliphatic heterocycles. The van der Waals surface area contributed by atoms with Crippen LogP contribution in [0.4, 0.5) is 0 Å². The zero-order chi connectivity index (χ0) is 12.5. The van der Waals surface area contributed by atoms with Gasteiger partial charge < -0.3 is 5.11 Å². The summed E-state index contributed by atoms with van der Waals surface area (Å²) in [7, 11) is 0. The highest BCUT2D eigenvalue weighted by Gasteiger charge is 2.34. The van der Waals surface area contributed by atoms with Crippen LogP contribution in [0.15, 0.2) is 18.3 Å². The molecule has 0 amide bonds. The molecule has 2 aliphatic rings. The van der Waals surface area contributed by atoms with Gasteiger partial charge in [0.15, 0.2) is 0 Å². The van der Waals surface area contributed by atoms with E-state index in [1.165, 1.54) is 25.7 Å². The van der Waals surface area contributed by atoms with Crippen molar-refractivity contribution < 1.29 is 9.90 Å². The van der Waals surface area contributed by atoms with Crippen LogP contribution in [0.3, 0.4) is 0 Å². The van der Waals surface area contributed by atoms with Crippen molar-refractivity contribution in [3.8, 4) is 0 Å². The fourth-order valence-corrected chi connectivity index (χ4v) is 2.37. The van der Waals surface area contributed by atoms with Gasteiger partial charge in [0.05, 0.1) is 11.3 Å². The minimum atomic E-state index is -0.875. The first-order valence-corrected chi connectivity index (χ1v) is 6.65. The molecule has 0 unspecified atom stereocenters. The van der Waals surface area contributed by atoms with Crippen molar-refractivity contribution in [2.45, 2.75) is 38.3 Å². The number of carbonyl (C=O) groups is 1. The standard InChI is InChI=1S/C14H18N2O2/c17-14(18)12-2-1-7-15-13(12)9-16(11-5-6-11)8-10-3-4-10/h1-2,7,10-11H,3-6,8-9H2,(H,17,18). The molecule has 1 N–H and O–H groups in total. The number of rotatable bonds is 6. The first-order chi connectivity index (χ1) is 8.74. The third kappa shape index (κ3) is 2.70. The molecular formula is C14H18N2O2. The summed E-state index contributed by atoms with van der Waals surface area (Å²) in [5.74, 6) is -0.0390. The average Bonchev–Trinajstić information content (AvgIpc) is 3.22. The molecule has 0 saturated heterocycles. The van der Waals surface area contributed by atoms with Gasteiger partial charge in [-0.25, -0.2) is 4.79 Å². The molecule has 0 bridgehead atoms. The molecule has 96 valence electrons. The Bertz CT molecular complexity index is 453. The average molecular weight is 246 g/mol. The van der Waals surface area contributed by atoms with E-state index in [0.29, 0.717) is 23.8 Å². The molecule has 1 aromatic heterocycles. The topological polar surface area (TPSA) is 53.4 Å². The van der Waals surface area contributed by atoms with Gasteiger partial charge in [0.1, 0.15) is 0 Å². The summed E-state index contributed by atoms with van der Waals surface area (Å²) < 4.78 is 0. The number of hydrogen-bond donors (Lipinski definition) is 1. The highest BCUT2D eigenvalue weighted by molar-refractivity contribution is 5.88. The quantitative estimate of drug-likeness (QED) is 0.835. The van der Waals surface area contributed by atoms with Gasteiger partial charge in [-0.15, -0.1) is 0 Å². The Kier molecular flexibility index (Phi) is 3.04. The summed E-state index contributed by atoms with van der Waals surface area (Å²) in [6.45, 7) is 1.80. The second-order valence-electron chi connectivity index (χ2n) is 5.41. The van der Waals surface area contributed by atoms with E-state index >= 15 is 0 Å². The highest BCUT2D eigenvalue weighted by Crippen LogP contribution is 2.35. The first kappa shape index (κ1) is 11.7. The van der Waals surface area contributed by atoms with Gasteiger partial charge in [-0.3, -0.25) is 9.88 Å². The molecule has 4 nitrogen and oxygen atoms in total. The predicted molar refractivity (Wildman–Crippen MR) is 67.4 cm³/mol. The zero-order valence-electron chi connectivity index (χ0n) is 10.4. The Morgan fingerprint density at radius 1 is 1.39 bits per heavy atom. The predicted octanol–water partition coefficient (Wildman–Crippen LogP) is 2.15. The van der Waals surface area contributed by atoms with Gasteiger partial charge in [-0.2, -0.15) is 0 Å². The summed E-state index contributed by atoms with van der Waals surface area (Å²) in [6, 6.07) is 4.00. The number of carboxylic acids is 1. The summed E-state index contributed by atoms with van der Waals surface area (Å²) in [5, 5.41) is 9.17. The number of hydrogen-bond acceptors (Lipinski definition) is 3. The number of aromatic carboxylic acids is 1. The maximum absolute atomic E-state index is 11.2. The normalized spacial score (nSPS) is 19.2. The molecule has 4 heteroatoms. The molecule has 2 saturated carbocycles. The summed E-state index contributed by atoms with van der Waals surface area (Å²) in [4.78, 5) is 17.8. The minimum Gasteiger partial charge on any atom is -0.478 e. The van der Waals surface area contributed by atoms with Crippen molar-refractivity contribution >= 4 is 5.97 Å². The molecule has 18 heavy (non-hydrogen) atoms. The lowest BCUT2D eigenvalue weighted by Crippen LogP contribution is -2.29. The van der Waals surface area contributed by atoms with Gasteiger partial charge in [0, 0.05) is 25.3 Å². The monoisotopic (exact) mass is 246 g/mol. The molecule has 0 spiro atoms. The second kappa shape index (κ2) is 4.69. The highest BCUT2D eigenvalue weighted by atomic mass is 16.4. The van der Waals surface area contributed by atoms with E-state index in [1.54, 1.807) is 18.3 Å². The summed E-state index contributed by atoms with van der Waals surface area (Å²) >= 11 is 0. The molecule has 2 aliphatic carbocycles. The smallest absolute Gasteiger partial charge is 0.337 e. The lowest BCUT2D eigenvalue weighted by Gasteiger charge is -2.22. The van der Waals surface area contributed by atoms with Crippen molar-refractivity contribution in [3.05, 3.63) is 29.6 Å². The molecule has 1 aromatic rings. The van der Waals surface area contributed by atoms with E-state index in [-0.39, 0.29) is 0 Å². The molecular weight excluding hydrogens is 228 g/mol. The van der Waals surface area contributed by atoms with Crippen molar-refractivity contribution in [2.24, 2.45) is 5.92 Å². The lowest BCUT2D eigenvalue weighted by molar-refractivity contribution is 0.0693. The molecule has 0 radical (unpaired) electrons. The van der Waals surface area contributed by atoms with E-state index in [1.807, 2.05) is 0 Å². The molecule has 0 atom stereocenters. The fraction of sp³-hybridized carbons (Fsp3) is 0.571. The second-order valence-corrected chi connectivity index (χ2v) is 5.41. The zero-order valence-corrected chi connectivity index (χ0v) is 10.4. The SMILES string of the molecule is O=C(O)c1cccnc1CN(CC1CC1)C1CC1. The molecule has 3 rings (SSSR count). The third-order valence-corrected chi connectivity index (χ3v) is 3.73. The molecule has 2 fully saturated rings. The molecule has 1 heterocycles. The maximum Gasteiger partial charge on any atom is 0.337 e. The van der Waals surface area contributed by atoms with Crippen LogP contribution in [0.1, 0.15) is 41.7 Å². The van der Waals surface area contributed by atoms with Crippen LogP contribution in [0.5, 0.6) is 0 Å². The largest absolute Gasteiger partial charge is 0.478 e. The lowest BCUT2D eigenvalue weighted by atomic mass is 10.2. The van der Waals surface area contributed by atoms with Gasteiger partial charge in [-0.1, -0.05) is 0 Å². The number of nitrogens with zero attached hydrogens (tertiary/aromatic N) is 2. The minimum absolute atomic E-state index is 0.346. The van der Waals surface area contributed by atoms with Crippen molar-refractivity contribution in [2.75, 3.05) is 6.54 Å². The Labute approximate surface area is 107 Å². The van der Waals surface area contributed by atoms with Crippen LogP contribution in [-0.2, 0) is 6.54 Å². The Morgan fingerprint density at radius 3 is 2.78 bits per heavy atom. The Hall–Kier alpha value is -1.42. The van der Waals surface area contributed by atoms with E-state index in [2.05, 4.69) is 9.88 Å². The van der Waals surface area contributed by atoms with Crippen LogP contribution >= 0.6 is 0 Å². The van der Waals surface area contributed by atoms with Gasteiger partial charge >= 0.3 is 5.97 Å². The van der Waals surface area contributed by atoms with Crippen molar-refractivity contribution in [1.29, 1.82) is 0 Å². The van der Waals surface area contributed by atoms with E-state index in [0.717, 1.165) is 12.5 Å². The van der Waals surface area contributed by atoms with Gasteiger partial charge in [-0.05, 0) is 43.7 Å². The number of aromatic nitrogens is 1. The van der Waals surface area contributed by atoms with Crippen LogP contribution in [-0.4, -0.2) is 33.5 Å². The number of carboxylic acid groups (broad SMARTS) is 1. The Morgan fingerprint density at radius 2 is 2.17 bits per heavy atom. The maximum atomic E-state index is 11.2. The van der Waals surface area contributed by atoms with E-state index in [4.69, 9.17) is 5.11 Å². The van der Waals surface area contributed by atoms with Gasteiger partial charge in [0.2, 0.25) is 0 Å².